The van der Waals surface area contributed by atoms with Gasteiger partial charge in [-0.2, -0.15) is 5.26 Å². The fourth-order valence-corrected chi connectivity index (χ4v) is 2.47. The molecule has 0 spiro atoms. The second kappa shape index (κ2) is 9.59. The summed E-state index contributed by atoms with van der Waals surface area (Å²) in [4.78, 5) is 0. The zero-order chi connectivity index (χ0) is 17.2. The molecule has 0 aromatic heterocycles. The van der Waals surface area contributed by atoms with Crippen molar-refractivity contribution >= 4 is 0 Å². The Morgan fingerprint density at radius 2 is 1.75 bits per heavy atom. The standard InChI is InChI=1S/C20H24N2O2/c1-3-23-19-9-8-16(13-20(19)24-4-2)10-11-22-15-18-7-5-6-17(12-18)14-21/h5-9,12-13,22H,3-4,10-11,15H2,1-2H3. The van der Waals surface area contributed by atoms with Gasteiger partial charge in [0.1, 0.15) is 0 Å². The average Bonchev–Trinajstić information content (AvgIpc) is 2.61. The van der Waals surface area contributed by atoms with Crippen molar-refractivity contribution in [2.75, 3.05) is 19.8 Å². The van der Waals surface area contributed by atoms with Crippen molar-refractivity contribution in [3.8, 4) is 17.6 Å². The predicted molar refractivity (Wildman–Crippen MR) is 95.3 cm³/mol. The molecule has 0 radical (unpaired) electrons. The van der Waals surface area contributed by atoms with Gasteiger partial charge < -0.3 is 14.8 Å². The number of hydrogen-bond donors (Lipinski definition) is 1. The average molecular weight is 324 g/mol. The third-order valence-corrected chi connectivity index (χ3v) is 3.58. The molecule has 0 saturated carbocycles. The highest BCUT2D eigenvalue weighted by molar-refractivity contribution is 5.43. The molecule has 0 heterocycles. The first-order valence-corrected chi connectivity index (χ1v) is 8.35. The Hall–Kier alpha value is -2.51. The lowest BCUT2D eigenvalue weighted by atomic mass is 10.1. The van der Waals surface area contributed by atoms with E-state index in [1.807, 2.05) is 50.2 Å². The molecule has 0 aliphatic carbocycles. The maximum absolute atomic E-state index is 8.92. The van der Waals surface area contributed by atoms with Crippen LogP contribution in [0.1, 0.15) is 30.5 Å². The lowest BCUT2D eigenvalue weighted by Crippen LogP contribution is -2.16. The van der Waals surface area contributed by atoms with E-state index in [9.17, 15) is 0 Å². The summed E-state index contributed by atoms with van der Waals surface area (Å²) < 4.78 is 11.2. The topological polar surface area (TPSA) is 54.3 Å². The minimum absolute atomic E-state index is 0.622. The minimum atomic E-state index is 0.622. The van der Waals surface area contributed by atoms with Gasteiger partial charge in [0, 0.05) is 6.54 Å². The van der Waals surface area contributed by atoms with Crippen molar-refractivity contribution in [1.29, 1.82) is 5.26 Å². The Balaban J connectivity index is 1.87. The molecule has 4 nitrogen and oxygen atoms in total. The van der Waals surface area contributed by atoms with Gasteiger partial charge >= 0.3 is 0 Å². The van der Waals surface area contributed by atoms with Crippen LogP contribution >= 0.6 is 0 Å². The summed E-state index contributed by atoms with van der Waals surface area (Å²) in [6, 6.07) is 15.9. The molecule has 2 aromatic carbocycles. The van der Waals surface area contributed by atoms with Crippen LogP contribution in [0, 0.1) is 11.3 Å². The van der Waals surface area contributed by atoms with Gasteiger partial charge in [0.15, 0.2) is 11.5 Å². The van der Waals surface area contributed by atoms with Gasteiger partial charge in [-0.15, -0.1) is 0 Å². The molecule has 0 aliphatic heterocycles. The van der Waals surface area contributed by atoms with Crippen molar-refractivity contribution in [3.05, 3.63) is 59.2 Å². The molecule has 24 heavy (non-hydrogen) atoms. The molecule has 0 fully saturated rings. The first-order chi connectivity index (χ1) is 11.8. The zero-order valence-corrected chi connectivity index (χ0v) is 14.3. The number of rotatable bonds is 9. The second-order valence-electron chi connectivity index (χ2n) is 5.39. The van der Waals surface area contributed by atoms with Crippen molar-refractivity contribution < 1.29 is 9.47 Å². The lowest BCUT2D eigenvalue weighted by Gasteiger charge is -2.12. The molecular formula is C20H24N2O2. The van der Waals surface area contributed by atoms with Gasteiger partial charge in [0.2, 0.25) is 0 Å². The number of hydrogen-bond acceptors (Lipinski definition) is 4. The van der Waals surface area contributed by atoms with Crippen molar-refractivity contribution in [2.45, 2.75) is 26.8 Å². The first-order valence-electron chi connectivity index (χ1n) is 8.35. The SMILES string of the molecule is CCOc1ccc(CCNCc2cccc(C#N)c2)cc1OCC. The summed E-state index contributed by atoms with van der Waals surface area (Å²) in [5.74, 6) is 1.60. The van der Waals surface area contributed by atoms with Crippen LogP contribution in [0.5, 0.6) is 11.5 Å². The molecule has 0 amide bonds. The highest BCUT2D eigenvalue weighted by Gasteiger charge is 2.06. The molecule has 0 aliphatic rings. The highest BCUT2D eigenvalue weighted by atomic mass is 16.5. The summed E-state index contributed by atoms with van der Waals surface area (Å²) in [5.41, 5.74) is 3.03. The molecule has 126 valence electrons. The molecule has 0 atom stereocenters. The first kappa shape index (κ1) is 17.8. The molecule has 4 heteroatoms. The van der Waals surface area contributed by atoms with Gasteiger partial charge in [0.05, 0.1) is 24.8 Å². The quantitative estimate of drug-likeness (QED) is 0.715. The zero-order valence-electron chi connectivity index (χ0n) is 14.3. The second-order valence-corrected chi connectivity index (χ2v) is 5.39. The number of nitriles is 1. The molecule has 0 unspecified atom stereocenters. The van der Waals surface area contributed by atoms with E-state index in [-0.39, 0.29) is 0 Å². The molecule has 2 rings (SSSR count). The van der Waals surface area contributed by atoms with Crippen LogP contribution in [0.25, 0.3) is 0 Å². The van der Waals surface area contributed by atoms with Crippen molar-refractivity contribution in [2.24, 2.45) is 0 Å². The fraction of sp³-hybridized carbons (Fsp3) is 0.350. The number of benzene rings is 2. The summed E-state index contributed by atoms with van der Waals surface area (Å²) in [5, 5.41) is 12.3. The van der Waals surface area contributed by atoms with E-state index in [2.05, 4.69) is 17.5 Å². The number of nitrogens with zero attached hydrogens (tertiary/aromatic N) is 1. The van der Waals surface area contributed by atoms with E-state index in [1.54, 1.807) is 0 Å². The van der Waals surface area contributed by atoms with E-state index in [0.717, 1.165) is 36.6 Å². The third-order valence-electron chi connectivity index (χ3n) is 3.58. The van der Waals surface area contributed by atoms with Crippen LogP contribution in [0.15, 0.2) is 42.5 Å². The predicted octanol–water partition coefficient (Wildman–Crippen LogP) is 3.69. The molecule has 0 bridgehead atoms. The summed E-state index contributed by atoms with van der Waals surface area (Å²) >= 11 is 0. The number of ether oxygens (including phenoxy) is 2. The van der Waals surface area contributed by atoms with Gasteiger partial charge in [-0.25, -0.2) is 0 Å². The van der Waals surface area contributed by atoms with Gasteiger partial charge in [-0.3, -0.25) is 0 Å². The lowest BCUT2D eigenvalue weighted by molar-refractivity contribution is 0.287. The molecule has 2 aromatic rings. The van der Waals surface area contributed by atoms with E-state index in [4.69, 9.17) is 14.7 Å². The van der Waals surface area contributed by atoms with Gasteiger partial charge in [-0.05, 0) is 62.2 Å². The Kier molecular flexibility index (Phi) is 7.13. The monoisotopic (exact) mass is 324 g/mol. The smallest absolute Gasteiger partial charge is 0.161 e. The van der Waals surface area contributed by atoms with Gasteiger partial charge in [-0.1, -0.05) is 18.2 Å². The Labute approximate surface area is 144 Å². The van der Waals surface area contributed by atoms with Gasteiger partial charge in [0.25, 0.3) is 0 Å². The Morgan fingerprint density at radius 3 is 2.50 bits per heavy atom. The van der Waals surface area contributed by atoms with Crippen LogP contribution in [0.4, 0.5) is 0 Å². The summed E-state index contributed by atoms with van der Waals surface area (Å²) in [6.07, 6.45) is 0.907. The molecule has 1 N–H and O–H groups in total. The van der Waals surface area contributed by atoms with Crippen LogP contribution in [0.3, 0.4) is 0 Å². The van der Waals surface area contributed by atoms with Crippen molar-refractivity contribution in [1.82, 2.24) is 5.32 Å². The largest absolute Gasteiger partial charge is 0.490 e. The number of nitrogens with one attached hydrogen (secondary N) is 1. The Morgan fingerprint density at radius 1 is 0.958 bits per heavy atom. The fourth-order valence-electron chi connectivity index (χ4n) is 2.47. The summed E-state index contributed by atoms with van der Waals surface area (Å²) in [6.45, 7) is 6.80. The van der Waals surface area contributed by atoms with Crippen LogP contribution in [-0.2, 0) is 13.0 Å². The maximum atomic E-state index is 8.92. The molecule has 0 saturated heterocycles. The van der Waals surface area contributed by atoms with E-state index >= 15 is 0 Å². The van der Waals surface area contributed by atoms with Crippen LogP contribution < -0.4 is 14.8 Å². The molecular weight excluding hydrogens is 300 g/mol. The highest BCUT2D eigenvalue weighted by Crippen LogP contribution is 2.28. The third kappa shape index (κ3) is 5.29. The maximum Gasteiger partial charge on any atom is 0.161 e. The van der Waals surface area contributed by atoms with Crippen LogP contribution in [0.2, 0.25) is 0 Å². The van der Waals surface area contributed by atoms with E-state index in [1.165, 1.54) is 5.56 Å². The van der Waals surface area contributed by atoms with E-state index in [0.29, 0.717) is 18.8 Å². The van der Waals surface area contributed by atoms with Crippen molar-refractivity contribution in [3.63, 3.8) is 0 Å². The normalized spacial score (nSPS) is 10.2. The van der Waals surface area contributed by atoms with E-state index < -0.39 is 0 Å². The summed E-state index contributed by atoms with van der Waals surface area (Å²) in [7, 11) is 0. The Bertz CT molecular complexity index is 692. The van der Waals surface area contributed by atoms with Crippen LogP contribution in [-0.4, -0.2) is 19.8 Å². The minimum Gasteiger partial charge on any atom is -0.490 e.